The summed E-state index contributed by atoms with van der Waals surface area (Å²) in [5.74, 6) is -1.30. The van der Waals surface area contributed by atoms with E-state index in [1.807, 2.05) is 13.0 Å². The molecule has 3 aromatic carbocycles. The van der Waals surface area contributed by atoms with Crippen molar-refractivity contribution in [2.75, 3.05) is 16.6 Å². The fraction of sp³-hybridized carbons (Fsp3) is 0.231. The van der Waals surface area contributed by atoms with Crippen molar-refractivity contribution in [2.24, 2.45) is 5.92 Å². The number of nitrogens with zero attached hydrogens (tertiary/aromatic N) is 3. The van der Waals surface area contributed by atoms with Gasteiger partial charge in [-0.25, -0.2) is 9.96 Å². The topological polar surface area (TPSA) is 102 Å². The zero-order valence-electron chi connectivity index (χ0n) is 18.9. The highest BCUT2D eigenvalue weighted by atomic mass is 16.7. The van der Waals surface area contributed by atoms with Gasteiger partial charge in [-0.15, -0.1) is 0 Å². The molecule has 0 bridgehead atoms. The summed E-state index contributed by atoms with van der Waals surface area (Å²) in [6.45, 7) is 2.56. The Kier molecular flexibility index (Phi) is 5.92. The van der Waals surface area contributed by atoms with Gasteiger partial charge in [0.05, 0.1) is 28.5 Å². The summed E-state index contributed by atoms with van der Waals surface area (Å²) >= 11 is 0. The van der Waals surface area contributed by atoms with E-state index in [2.05, 4.69) is 0 Å². The van der Waals surface area contributed by atoms with Crippen molar-refractivity contribution >= 4 is 28.9 Å². The smallest absolute Gasteiger partial charge is 0.274 e. The van der Waals surface area contributed by atoms with E-state index in [1.54, 1.807) is 66.7 Å². The Balaban J connectivity index is 1.55. The van der Waals surface area contributed by atoms with E-state index in [1.165, 1.54) is 11.1 Å². The lowest BCUT2D eigenvalue weighted by Gasteiger charge is -2.28. The van der Waals surface area contributed by atoms with Crippen LogP contribution in [-0.2, 0) is 14.4 Å². The quantitative estimate of drug-likeness (QED) is 0.284. The minimum absolute atomic E-state index is 0.140. The molecule has 0 spiro atoms. The van der Waals surface area contributed by atoms with E-state index in [4.69, 9.17) is 9.57 Å². The molecule has 9 heteroatoms. The molecular formula is C26H23N3O6. The number of rotatable bonds is 7. The number of anilines is 2. The van der Waals surface area contributed by atoms with E-state index in [0.29, 0.717) is 29.3 Å². The number of nitro groups is 1. The van der Waals surface area contributed by atoms with E-state index < -0.39 is 34.8 Å². The predicted octanol–water partition coefficient (Wildman–Crippen LogP) is 4.43. The number of nitro benzene ring substituents is 1. The van der Waals surface area contributed by atoms with Crippen molar-refractivity contribution in [3.63, 3.8) is 0 Å². The fourth-order valence-electron chi connectivity index (χ4n) is 4.60. The number of imide groups is 1. The number of para-hydroxylation sites is 2. The summed E-state index contributed by atoms with van der Waals surface area (Å²) in [6, 6.07) is 21.0. The van der Waals surface area contributed by atoms with Crippen LogP contribution in [0.2, 0.25) is 0 Å². The highest BCUT2D eigenvalue weighted by Gasteiger charge is 2.61. The molecule has 9 nitrogen and oxygen atoms in total. The predicted molar refractivity (Wildman–Crippen MR) is 128 cm³/mol. The molecule has 0 radical (unpaired) electrons. The van der Waals surface area contributed by atoms with Crippen molar-refractivity contribution in [1.29, 1.82) is 0 Å². The Bertz CT molecular complexity index is 1260. The molecule has 3 aromatic rings. The number of ether oxygens (including phenoxy) is 1. The van der Waals surface area contributed by atoms with Crippen LogP contribution in [0.4, 0.5) is 17.1 Å². The van der Waals surface area contributed by atoms with Crippen LogP contribution in [0.3, 0.4) is 0 Å². The number of carbonyl (C=O) groups is 2. The molecule has 0 aromatic heterocycles. The summed E-state index contributed by atoms with van der Waals surface area (Å²) in [5.41, 5.74) is 1.16. The zero-order valence-corrected chi connectivity index (χ0v) is 18.9. The van der Waals surface area contributed by atoms with Crippen molar-refractivity contribution in [2.45, 2.75) is 25.5 Å². The molecule has 0 unspecified atom stereocenters. The van der Waals surface area contributed by atoms with Crippen LogP contribution in [-0.4, -0.2) is 29.4 Å². The summed E-state index contributed by atoms with van der Waals surface area (Å²) in [4.78, 5) is 45.6. The third-order valence-electron chi connectivity index (χ3n) is 6.15. The third-order valence-corrected chi connectivity index (χ3v) is 6.15. The third kappa shape index (κ3) is 3.89. The summed E-state index contributed by atoms with van der Waals surface area (Å²) in [7, 11) is 0. The number of carbonyl (C=O) groups excluding carboxylic acids is 2. The maximum Gasteiger partial charge on any atom is 0.274 e. The molecular weight excluding hydrogens is 450 g/mol. The van der Waals surface area contributed by atoms with Crippen LogP contribution in [0.1, 0.15) is 24.9 Å². The maximum atomic E-state index is 13.7. The van der Waals surface area contributed by atoms with Gasteiger partial charge in [0.25, 0.3) is 11.6 Å². The summed E-state index contributed by atoms with van der Waals surface area (Å²) in [6.07, 6.45) is -0.250. The Morgan fingerprint density at radius 2 is 1.60 bits per heavy atom. The van der Waals surface area contributed by atoms with Gasteiger partial charge in [-0.1, -0.05) is 37.3 Å². The molecule has 0 saturated carbocycles. The minimum Gasteiger partial charge on any atom is -0.494 e. The standard InChI is InChI=1S/C26H23N3O6/c1-2-16-34-19-14-12-17(13-15-19)27-25(30)22-23(20-10-6-7-11-21(20)29(32)33)28(35-24(22)26(27)31)18-8-4-3-5-9-18/h3-15,22-24H,2,16H2,1H3/t22-,23+,24-/m1/s1. The minimum atomic E-state index is -1.11. The Hall–Kier alpha value is -4.24. The lowest BCUT2D eigenvalue weighted by Crippen LogP contribution is -2.37. The van der Waals surface area contributed by atoms with Crippen molar-refractivity contribution in [3.8, 4) is 5.75 Å². The van der Waals surface area contributed by atoms with E-state index >= 15 is 0 Å². The lowest BCUT2D eigenvalue weighted by atomic mass is 9.89. The van der Waals surface area contributed by atoms with Gasteiger partial charge in [0.1, 0.15) is 17.7 Å². The average molecular weight is 473 g/mol. The number of hydroxylamine groups is 1. The van der Waals surface area contributed by atoms with Crippen LogP contribution in [0.15, 0.2) is 78.9 Å². The van der Waals surface area contributed by atoms with Gasteiger partial charge in [-0.2, -0.15) is 0 Å². The van der Waals surface area contributed by atoms with E-state index in [0.717, 1.165) is 11.3 Å². The van der Waals surface area contributed by atoms with Gasteiger partial charge >= 0.3 is 0 Å². The largest absolute Gasteiger partial charge is 0.494 e. The highest BCUT2D eigenvalue weighted by Crippen LogP contribution is 2.49. The van der Waals surface area contributed by atoms with Crippen molar-refractivity contribution in [1.82, 2.24) is 0 Å². The normalized spacial score (nSPS) is 21.3. The van der Waals surface area contributed by atoms with Crippen LogP contribution in [0.5, 0.6) is 5.75 Å². The molecule has 2 aliphatic heterocycles. The van der Waals surface area contributed by atoms with Gasteiger partial charge < -0.3 is 4.74 Å². The van der Waals surface area contributed by atoms with Crippen LogP contribution >= 0.6 is 0 Å². The number of hydrogen-bond acceptors (Lipinski definition) is 7. The first-order chi connectivity index (χ1) is 17.0. The molecule has 5 rings (SSSR count). The molecule has 0 N–H and O–H groups in total. The molecule has 35 heavy (non-hydrogen) atoms. The van der Waals surface area contributed by atoms with Gasteiger partial charge in [-0.3, -0.25) is 24.5 Å². The van der Waals surface area contributed by atoms with Crippen LogP contribution in [0.25, 0.3) is 0 Å². The van der Waals surface area contributed by atoms with Gasteiger partial charge in [0.15, 0.2) is 6.10 Å². The summed E-state index contributed by atoms with van der Waals surface area (Å²) < 4.78 is 5.59. The zero-order chi connectivity index (χ0) is 24.5. The fourth-order valence-corrected chi connectivity index (χ4v) is 4.60. The summed E-state index contributed by atoms with van der Waals surface area (Å²) in [5, 5.41) is 13.3. The molecule has 2 saturated heterocycles. The molecule has 0 aliphatic carbocycles. The van der Waals surface area contributed by atoms with Gasteiger partial charge in [-0.05, 0) is 48.9 Å². The second-order valence-corrected chi connectivity index (χ2v) is 8.33. The number of fused-ring (bicyclic) bond motifs is 1. The van der Waals surface area contributed by atoms with Gasteiger partial charge in [0, 0.05) is 6.07 Å². The highest BCUT2D eigenvalue weighted by molar-refractivity contribution is 6.24. The molecule has 2 aliphatic rings. The average Bonchev–Trinajstić information content (AvgIpc) is 3.39. The molecule has 2 fully saturated rings. The van der Waals surface area contributed by atoms with E-state index in [9.17, 15) is 19.7 Å². The lowest BCUT2D eigenvalue weighted by molar-refractivity contribution is -0.385. The molecule has 2 heterocycles. The second-order valence-electron chi connectivity index (χ2n) is 8.33. The molecule has 3 atom stereocenters. The van der Waals surface area contributed by atoms with E-state index in [-0.39, 0.29) is 5.69 Å². The first-order valence-electron chi connectivity index (χ1n) is 11.4. The Labute approximate surface area is 201 Å². The first-order valence-corrected chi connectivity index (χ1v) is 11.4. The number of hydrogen-bond donors (Lipinski definition) is 0. The monoisotopic (exact) mass is 473 g/mol. The maximum absolute atomic E-state index is 13.7. The van der Waals surface area contributed by atoms with Crippen molar-refractivity contribution in [3.05, 3.63) is 94.5 Å². The van der Waals surface area contributed by atoms with Crippen LogP contribution in [0, 0.1) is 16.0 Å². The second kappa shape index (κ2) is 9.19. The SMILES string of the molecule is CCCOc1ccc(N2C(=O)[C@H]3[C@@H](ON(c4ccccc4)[C@H]3c3ccccc3[N+](=O)[O-])C2=O)cc1. The number of amides is 2. The molecule has 178 valence electrons. The van der Waals surface area contributed by atoms with Crippen LogP contribution < -0.4 is 14.7 Å². The molecule has 2 amide bonds. The Morgan fingerprint density at radius 3 is 2.29 bits per heavy atom. The van der Waals surface area contributed by atoms with Gasteiger partial charge in [0.2, 0.25) is 5.91 Å². The first kappa shape index (κ1) is 22.5. The Morgan fingerprint density at radius 1 is 0.914 bits per heavy atom. The van der Waals surface area contributed by atoms with Crippen molar-refractivity contribution < 1.29 is 24.1 Å². The number of benzene rings is 3.